The molecule has 4 nitrogen and oxygen atoms in total. The molecular formula is C25H33N3O. The third-order valence-corrected chi connectivity index (χ3v) is 6.82. The van der Waals surface area contributed by atoms with Gasteiger partial charge in [0.15, 0.2) is 0 Å². The highest BCUT2D eigenvalue weighted by atomic mass is 16.5. The van der Waals surface area contributed by atoms with Gasteiger partial charge >= 0.3 is 0 Å². The topological polar surface area (TPSA) is 19.0 Å². The van der Waals surface area contributed by atoms with Crippen molar-refractivity contribution in [3.8, 4) is 0 Å². The number of piperidine rings is 1. The molecule has 0 saturated carbocycles. The van der Waals surface area contributed by atoms with E-state index in [0.717, 1.165) is 45.3 Å². The van der Waals surface area contributed by atoms with Gasteiger partial charge in [0.1, 0.15) is 0 Å². The van der Waals surface area contributed by atoms with Crippen LogP contribution in [0.5, 0.6) is 0 Å². The third kappa shape index (κ3) is 4.66. The summed E-state index contributed by atoms with van der Waals surface area (Å²) in [5.74, 6) is 0.805. The van der Waals surface area contributed by atoms with Gasteiger partial charge in [0.25, 0.3) is 0 Å². The number of rotatable bonds is 5. The molecule has 0 unspecified atom stereocenters. The smallest absolute Gasteiger partial charge is 0.0642 e. The molecule has 0 aliphatic carbocycles. The van der Waals surface area contributed by atoms with E-state index in [1.54, 1.807) is 0 Å². The number of benzene rings is 2. The number of ether oxygens (including phenoxy) is 1. The highest BCUT2D eigenvalue weighted by molar-refractivity contribution is 5.49. The van der Waals surface area contributed by atoms with Gasteiger partial charge < -0.3 is 9.64 Å². The molecule has 2 atom stereocenters. The number of fused-ring (bicyclic) bond motifs is 4. The van der Waals surface area contributed by atoms with E-state index in [0.29, 0.717) is 6.04 Å². The van der Waals surface area contributed by atoms with Crippen LogP contribution in [0.25, 0.3) is 0 Å². The van der Waals surface area contributed by atoms with Gasteiger partial charge in [-0.2, -0.15) is 0 Å². The first kappa shape index (κ1) is 19.1. The number of hydrogen-bond donors (Lipinski definition) is 0. The van der Waals surface area contributed by atoms with E-state index in [9.17, 15) is 0 Å². The lowest BCUT2D eigenvalue weighted by atomic mass is 9.94. The molecule has 2 bridgehead atoms. The Balaban J connectivity index is 1.25. The average Bonchev–Trinajstić information content (AvgIpc) is 3.06. The molecule has 2 aromatic carbocycles. The molecule has 4 fully saturated rings. The molecule has 0 radical (unpaired) electrons. The van der Waals surface area contributed by atoms with Crippen LogP contribution in [0.4, 0.5) is 5.69 Å². The minimum absolute atomic E-state index is 0.685. The monoisotopic (exact) mass is 391 g/mol. The summed E-state index contributed by atoms with van der Waals surface area (Å²) in [6.45, 7) is 9.57. The summed E-state index contributed by atoms with van der Waals surface area (Å²) in [5.41, 5.74) is 4.26. The standard InChI is InChI=1S/C25H33N3O/c1-2-5-21(6-3-1)16-26-17-23-9-10-25(20-26)28(19-23)18-22-7-4-8-24(15-22)27-11-13-29-14-12-27/h1-8,15,23,25H,9-14,16-20H2/t23-,25+/m1/s1. The van der Waals surface area contributed by atoms with Crippen molar-refractivity contribution in [3.63, 3.8) is 0 Å². The van der Waals surface area contributed by atoms with E-state index < -0.39 is 0 Å². The van der Waals surface area contributed by atoms with Crippen LogP contribution < -0.4 is 4.90 Å². The Kier molecular flexibility index (Phi) is 5.84. The highest BCUT2D eigenvalue weighted by Gasteiger charge is 2.34. The van der Waals surface area contributed by atoms with Gasteiger partial charge in [0.05, 0.1) is 13.2 Å². The summed E-state index contributed by atoms with van der Waals surface area (Å²) in [6.07, 6.45) is 2.74. The van der Waals surface area contributed by atoms with Gasteiger partial charge in [-0.15, -0.1) is 0 Å². The Hall–Kier alpha value is -1.88. The Morgan fingerprint density at radius 1 is 0.793 bits per heavy atom. The molecule has 4 heteroatoms. The van der Waals surface area contributed by atoms with E-state index in [1.165, 1.54) is 49.3 Å². The summed E-state index contributed by atoms with van der Waals surface area (Å²) in [4.78, 5) is 7.92. The van der Waals surface area contributed by atoms with Crippen molar-refractivity contribution >= 4 is 5.69 Å². The van der Waals surface area contributed by atoms with Gasteiger partial charge in [-0.05, 0) is 42.0 Å². The van der Waals surface area contributed by atoms with Crippen molar-refractivity contribution in [1.29, 1.82) is 0 Å². The van der Waals surface area contributed by atoms with Crippen LogP contribution in [0.3, 0.4) is 0 Å². The lowest BCUT2D eigenvalue weighted by Gasteiger charge is -2.36. The second-order valence-corrected chi connectivity index (χ2v) is 8.98. The molecule has 0 N–H and O–H groups in total. The predicted molar refractivity (Wildman–Crippen MR) is 118 cm³/mol. The first-order valence-corrected chi connectivity index (χ1v) is 11.3. The quantitative estimate of drug-likeness (QED) is 0.775. The van der Waals surface area contributed by atoms with Crippen molar-refractivity contribution in [3.05, 3.63) is 65.7 Å². The molecule has 0 amide bonds. The Bertz CT molecular complexity index is 790. The summed E-state index contributed by atoms with van der Waals surface area (Å²) >= 11 is 0. The second-order valence-electron chi connectivity index (χ2n) is 8.98. The molecule has 4 aliphatic heterocycles. The van der Waals surface area contributed by atoms with Crippen molar-refractivity contribution in [1.82, 2.24) is 9.80 Å². The van der Waals surface area contributed by atoms with Crippen LogP contribution in [-0.4, -0.2) is 61.8 Å². The zero-order valence-corrected chi connectivity index (χ0v) is 17.4. The van der Waals surface area contributed by atoms with Crippen LogP contribution in [0.1, 0.15) is 24.0 Å². The van der Waals surface area contributed by atoms with Gasteiger partial charge in [-0.3, -0.25) is 9.80 Å². The zero-order valence-electron chi connectivity index (χ0n) is 17.4. The van der Waals surface area contributed by atoms with Crippen LogP contribution in [0.2, 0.25) is 0 Å². The fourth-order valence-electron chi connectivity index (χ4n) is 5.35. The largest absolute Gasteiger partial charge is 0.378 e. The van der Waals surface area contributed by atoms with Crippen LogP contribution in [-0.2, 0) is 17.8 Å². The van der Waals surface area contributed by atoms with E-state index >= 15 is 0 Å². The molecule has 6 rings (SSSR count). The summed E-state index contributed by atoms with van der Waals surface area (Å²) in [7, 11) is 0. The Morgan fingerprint density at radius 3 is 2.48 bits per heavy atom. The normalized spacial score (nSPS) is 25.9. The molecule has 4 aliphatic rings. The third-order valence-electron chi connectivity index (χ3n) is 6.82. The minimum Gasteiger partial charge on any atom is -0.378 e. The van der Waals surface area contributed by atoms with E-state index in [1.807, 2.05) is 0 Å². The molecule has 4 heterocycles. The van der Waals surface area contributed by atoms with Crippen LogP contribution in [0, 0.1) is 5.92 Å². The summed E-state index contributed by atoms with van der Waals surface area (Å²) in [5, 5.41) is 0. The number of hydrogen-bond acceptors (Lipinski definition) is 4. The molecule has 154 valence electrons. The molecule has 4 saturated heterocycles. The minimum atomic E-state index is 0.685. The molecule has 0 spiro atoms. The first-order chi connectivity index (χ1) is 14.3. The van der Waals surface area contributed by atoms with E-state index in [2.05, 4.69) is 69.3 Å². The van der Waals surface area contributed by atoms with E-state index in [-0.39, 0.29) is 0 Å². The first-order valence-electron chi connectivity index (χ1n) is 11.3. The SMILES string of the molecule is c1ccc(CN2C[C@H]3CC[C@@H](C2)N(Cc2cccc(N4CCOCC4)c2)C3)cc1. The number of nitrogens with zero attached hydrogens (tertiary/aromatic N) is 3. The average molecular weight is 392 g/mol. The molecule has 2 aromatic rings. The lowest BCUT2D eigenvalue weighted by Crippen LogP contribution is -2.43. The van der Waals surface area contributed by atoms with Crippen molar-refractivity contribution < 1.29 is 4.74 Å². The number of anilines is 1. The van der Waals surface area contributed by atoms with Crippen molar-refractivity contribution in [2.24, 2.45) is 5.92 Å². The Morgan fingerprint density at radius 2 is 1.62 bits per heavy atom. The predicted octanol–water partition coefficient (Wildman–Crippen LogP) is 3.62. The summed E-state index contributed by atoms with van der Waals surface area (Å²) < 4.78 is 5.52. The van der Waals surface area contributed by atoms with Gasteiger partial charge in [0.2, 0.25) is 0 Å². The molecule has 29 heavy (non-hydrogen) atoms. The van der Waals surface area contributed by atoms with Gasteiger partial charge in [-0.1, -0.05) is 42.5 Å². The Labute approximate surface area is 175 Å². The fourth-order valence-corrected chi connectivity index (χ4v) is 5.35. The van der Waals surface area contributed by atoms with Gasteiger partial charge in [-0.25, -0.2) is 0 Å². The number of morpholine rings is 1. The van der Waals surface area contributed by atoms with Crippen molar-refractivity contribution in [2.45, 2.75) is 32.0 Å². The summed E-state index contributed by atoms with van der Waals surface area (Å²) in [6, 6.07) is 20.9. The van der Waals surface area contributed by atoms with Gasteiger partial charge in [0, 0.05) is 57.5 Å². The maximum Gasteiger partial charge on any atom is 0.0642 e. The highest BCUT2D eigenvalue weighted by Crippen LogP contribution is 2.30. The fraction of sp³-hybridized carbons (Fsp3) is 0.520. The van der Waals surface area contributed by atoms with Crippen LogP contribution in [0.15, 0.2) is 54.6 Å². The van der Waals surface area contributed by atoms with Crippen LogP contribution >= 0.6 is 0 Å². The maximum atomic E-state index is 5.52. The maximum absolute atomic E-state index is 5.52. The second kappa shape index (κ2) is 8.86. The molecular weight excluding hydrogens is 358 g/mol. The van der Waals surface area contributed by atoms with E-state index in [4.69, 9.17) is 4.74 Å². The molecule has 0 aromatic heterocycles. The lowest BCUT2D eigenvalue weighted by molar-refractivity contribution is 0.122. The zero-order chi connectivity index (χ0) is 19.5. The van der Waals surface area contributed by atoms with Crippen molar-refractivity contribution in [2.75, 3.05) is 50.8 Å².